The minimum absolute atomic E-state index is 0.00505. The number of carbonyl (C=O) groups is 1. The molecular weight excluding hydrogens is 422 g/mol. The van der Waals surface area contributed by atoms with E-state index in [-0.39, 0.29) is 17.7 Å². The standard InChI is InChI=1S/C24H25N5O2S/c1-16-12-21(31-24-19(13-25)4-3-9-26-24)5-6-22(16)28-23(30)18-7-10-29(11-8-18)14-20-15-32-17(2)27-20/h3-6,9,12,15,18H,7-8,10-11,14H2,1-2H3,(H,28,30). The van der Waals surface area contributed by atoms with Gasteiger partial charge in [0.25, 0.3) is 0 Å². The lowest BCUT2D eigenvalue weighted by atomic mass is 9.95. The highest BCUT2D eigenvalue weighted by atomic mass is 32.1. The molecule has 32 heavy (non-hydrogen) atoms. The highest BCUT2D eigenvalue weighted by Crippen LogP contribution is 2.28. The molecule has 164 valence electrons. The Morgan fingerprint density at radius 2 is 2.12 bits per heavy atom. The number of nitriles is 1. The van der Waals surface area contributed by atoms with Crippen molar-refractivity contribution in [2.45, 2.75) is 33.2 Å². The Morgan fingerprint density at radius 1 is 1.31 bits per heavy atom. The fourth-order valence-electron chi connectivity index (χ4n) is 3.81. The topological polar surface area (TPSA) is 91.1 Å². The van der Waals surface area contributed by atoms with Gasteiger partial charge in [-0.1, -0.05) is 0 Å². The predicted molar refractivity (Wildman–Crippen MR) is 124 cm³/mol. The van der Waals surface area contributed by atoms with E-state index in [0.717, 1.165) is 54.4 Å². The number of piperidine rings is 1. The number of nitrogens with zero attached hydrogens (tertiary/aromatic N) is 4. The van der Waals surface area contributed by atoms with E-state index in [9.17, 15) is 10.1 Å². The first kappa shape index (κ1) is 21.9. The third kappa shape index (κ3) is 5.31. The van der Waals surface area contributed by atoms with Crippen molar-refractivity contribution in [3.63, 3.8) is 0 Å². The molecule has 8 heteroatoms. The van der Waals surface area contributed by atoms with Gasteiger partial charge in [-0.15, -0.1) is 11.3 Å². The minimum Gasteiger partial charge on any atom is -0.438 e. The molecule has 1 aromatic carbocycles. The maximum Gasteiger partial charge on any atom is 0.237 e. The summed E-state index contributed by atoms with van der Waals surface area (Å²) in [5.41, 5.74) is 3.14. The number of amides is 1. The Balaban J connectivity index is 1.32. The van der Waals surface area contributed by atoms with Gasteiger partial charge in [0.1, 0.15) is 17.4 Å². The molecule has 0 unspecified atom stereocenters. The van der Waals surface area contributed by atoms with E-state index in [1.807, 2.05) is 26.0 Å². The van der Waals surface area contributed by atoms with E-state index in [4.69, 9.17) is 4.74 Å². The Hall–Kier alpha value is -3.28. The smallest absolute Gasteiger partial charge is 0.237 e. The molecule has 1 saturated heterocycles. The number of ether oxygens (including phenoxy) is 1. The maximum absolute atomic E-state index is 12.8. The summed E-state index contributed by atoms with van der Waals surface area (Å²) in [6, 6.07) is 10.9. The van der Waals surface area contributed by atoms with Gasteiger partial charge in [0.15, 0.2) is 0 Å². The Labute approximate surface area is 191 Å². The van der Waals surface area contributed by atoms with Gasteiger partial charge in [0.2, 0.25) is 11.8 Å². The number of anilines is 1. The molecule has 7 nitrogen and oxygen atoms in total. The largest absolute Gasteiger partial charge is 0.438 e. The highest BCUT2D eigenvalue weighted by molar-refractivity contribution is 7.09. The Bertz CT molecular complexity index is 1150. The molecule has 1 aliphatic rings. The summed E-state index contributed by atoms with van der Waals surface area (Å²) >= 11 is 1.68. The number of carbonyl (C=O) groups excluding carboxylic acids is 1. The van der Waals surface area contributed by atoms with Crippen molar-refractivity contribution in [2.75, 3.05) is 18.4 Å². The van der Waals surface area contributed by atoms with Crippen LogP contribution < -0.4 is 10.1 Å². The number of rotatable bonds is 6. The van der Waals surface area contributed by atoms with Crippen LogP contribution in [0.3, 0.4) is 0 Å². The lowest BCUT2D eigenvalue weighted by Crippen LogP contribution is -2.37. The minimum atomic E-state index is 0.00505. The van der Waals surface area contributed by atoms with Gasteiger partial charge in [0.05, 0.1) is 10.7 Å². The van der Waals surface area contributed by atoms with Crippen LogP contribution in [-0.2, 0) is 11.3 Å². The van der Waals surface area contributed by atoms with E-state index in [2.05, 4.69) is 31.6 Å². The molecule has 3 heterocycles. The summed E-state index contributed by atoms with van der Waals surface area (Å²) in [5, 5.41) is 15.5. The average Bonchev–Trinajstić information content (AvgIpc) is 3.21. The van der Waals surface area contributed by atoms with Gasteiger partial charge in [-0.2, -0.15) is 5.26 Å². The third-order valence-electron chi connectivity index (χ3n) is 5.57. The number of hydrogen-bond donors (Lipinski definition) is 1. The van der Waals surface area contributed by atoms with Crippen LogP contribution in [0.2, 0.25) is 0 Å². The van der Waals surface area contributed by atoms with Gasteiger partial charge >= 0.3 is 0 Å². The van der Waals surface area contributed by atoms with E-state index < -0.39 is 0 Å². The fraction of sp³-hybridized carbons (Fsp3) is 0.333. The molecule has 1 amide bonds. The summed E-state index contributed by atoms with van der Waals surface area (Å²) in [4.78, 5) is 23.8. The molecule has 1 fully saturated rings. The van der Waals surface area contributed by atoms with Crippen LogP contribution in [-0.4, -0.2) is 33.9 Å². The molecule has 0 spiro atoms. The molecule has 0 bridgehead atoms. The molecule has 3 aromatic rings. The molecule has 0 saturated carbocycles. The summed E-state index contributed by atoms with van der Waals surface area (Å²) in [6.07, 6.45) is 3.26. The quantitative estimate of drug-likeness (QED) is 0.590. The summed E-state index contributed by atoms with van der Waals surface area (Å²) < 4.78 is 5.76. The molecule has 1 aliphatic heterocycles. The monoisotopic (exact) mass is 447 g/mol. The van der Waals surface area contributed by atoms with Crippen LogP contribution in [0.15, 0.2) is 41.9 Å². The molecule has 4 rings (SSSR count). The van der Waals surface area contributed by atoms with Gasteiger partial charge in [-0.25, -0.2) is 9.97 Å². The van der Waals surface area contributed by atoms with E-state index in [1.165, 1.54) is 0 Å². The van der Waals surface area contributed by atoms with Crippen LogP contribution >= 0.6 is 11.3 Å². The van der Waals surface area contributed by atoms with E-state index >= 15 is 0 Å². The first-order valence-corrected chi connectivity index (χ1v) is 11.5. The molecular formula is C24H25N5O2S. The first-order valence-electron chi connectivity index (χ1n) is 10.6. The Morgan fingerprint density at radius 3 is 2.81 bits per heavy atom. The fourth-order valence-corrected chi connectivity index (χ4v) is 4.41. The van der Waals surface area contributed by atoms with Gasteiger partial charge in [0, 0.05) is 29.7 Å². The van der Waals surface area contributed by atoms with Crippen LogP contribution in [0.5, 0.6) is 11.6 Å². The van der Waals surface area contributed by atoms with Crippen molar-refractivity contribution in [1.29, 1.82) is 5.26 Å². The second-order valence-electron chi connectivity index (χ2n) is 7.94. The second kappa shape index (κ2) is 9.90. The normalized spacial score (nSPS) is 14.7. The molecule has 0 atom stereocenters. The number of thiazole rings is 1. The van der Waals surface area contributed by atoms with Crippen LogP contribution in [0.4, 0.5) is 5.69 Å². The maximum atomic E-state index is 12.8. The van der Waals surface area contributed by atoms with Crippen LogP contribution in [0, 0.1) is 31.1 Å². The van der Waals surface area contributed by atoms with E-state index in [1.54, 1.807) is 35.7 Å². The van der Waals surface area contributed by atoms with Crippen molar-refractivity contribution in [1.82, 2.24) is 14.9 Å². The average molecular weight is 448 g/mol. The second-order valence-corrected chi connectivity index (χ2v) is 9.01. The number of nitrogens with one attached hydrogen (secondary N) is 1. The summed E-state index contributed by atoms with van der Waals surface area (Å²) in [7, 11) is 0. The third-order valence-corrected chi connectivity index (χ3v) is 6.39. The number of benzene rings is 1. The van der Waals surface area contributed by atoms with E-state index in [0.29, 0.717) is 11.3 Å². The van der Waals surface area contributed by atoms with Gasteiger partial charge in [-0.05, 0) is 75.7 Å². The summed E-state index contributed by atoms with van der Waals surface area (Å²) in [5.74, 6) is 0.903. The molecule has 2 aromatic heterocycles. The number of likely N-dealkylation sites (tertiary alicyclic amines) is 1. The molecule has 0 radical (unpaired) electrons. The molecule has 1 N–H and O–H groups in total. The number of hydrogen-bond acceptors (Lipinski definition) is 7. The Kier molecular flexibility index (Phi) is 6.78. The van der Waals surface area contributed by atoms with Crippen molar-refractivity contribution in [2.24, 2.45) is 5.92 Å². The van der Waals surface area contributed by atoms with Crippen molar-refractivity contribution in [3.05, 3.63) is 63.7 Å². The zero-order chi connectivity index (χ0) is 22.5. The van der Waals surface area contributed by atoms with Crippen LogP contribution in [0.1, 0.15) is 34.7 Å². The number of aromatic nitrogens is 2. The number of pyridine rings is 1. The molecule has 0 aliphatic carbocycles. The lowest BCUT2D eigenvalue weighted by Gasteiger charge is -2.30. The van der Waals surface area contributed by atoms with Crippen molar-refractivity contribution in [3.8, 4) is 17.7 Å². The highest BCUT2D eigenvalue weighted by Gasteiger charge is 2.25. The van der Waals surface area contributed by atoms with Crippen molar-refractivity contribution < 1.29 is 9.53 Å². The lowest BCUT2D eigenvalue weighted by molar-refractivity contribution is -0.121. The first-order chi connectivity index (χ1) is 15.5. The van der Waals surface area contributed by atoms with Gasteiger partial charge < -0.3 is 10.1 Å². The zero-order valence-corrected chi connectivity index (χ0v) is 19.0. The van der Waals surface area contributed by atoms with Gasteiger partial charge in [-0.3, -0.25) is 9.69 Å². The summed E-state index contributed by atoms with van der Waals surface area (Å²) in [6.45, 7) is 6.58. The van der Waals surface area contributed by atoms with Crippen LogP contribution in [0.25, 0.3) is 0 Å². The van der Waals surface area contributed by atoms with Crippen molar-refractivity contribution >= 4 is 22.9 Å². The number of aryl methyl sites for hydroxylation is 2. The SMILES string of the molecule is Cc1nc(CN2CCC(C(=O)Nc3ccc(Oc4ncccc4C#N)cc3C)CC2)cs1. The predicted octanol–water partition coefficient (Wildman–Crippen LogP) is 4.67. The zero-order valence-electron chi connectivity index (χ0n) is 18.2.